The maximum atomic E-state index is 11.1. The average Bonchev–Trinajstić information content (AvgIpc) is 2.29. The zero-order valence-electron chi connectivity index (χ0n) is 10.7. The van der Waals surface area contributed by atoms with Gasteiger partial charge in [0.2, 0.25) is 0 Å². The van der Waals surface area contributed by atoms with Crippen molar-refractivity contribution in [2.45, 2.75) is 27.2 Å². The molecular formula is C14H21NO2. The van der Waals surface area contributed by atoms with Crippen LogP contribution >= 0.6 is 0 Å². The van der Waals surface area contributed by atoms with E-state index in [-0.39, 0.29) is 11.8 Å². The molecule has 3 nitrogen and oxygen atoms in total. The summed E-state index contributed by atoms with van der Waals surface area (Å²) in [6.07, 6.45) is 0.947. The molecule has 2 N–H and O–H groups in total. The van der Waals surface area contributed by atoms with Crippen molar-refractivity contribution < 1.29 is 9.90 Å². The number of para-hydroxylation sites is 1. The molecule has 0 saturated heterocycles. The molecule has 0 heterocycles. The summed E-state index contributed by atoms with van der Waals surface area (Å²) in [5.74, 6) is -0.949. The van der Waals surface area contributed by atoms with Crippen molar-refractivity contribution >= 4 is 11.7 Å². The predicted molar refractivity (Wildman–Crippen MR) is 70.3 cm³/mol. The van der Waals surface area contributed by atoms with Gasteiger partial charge in [0, 0.05) is 12.2 Å². The monoisotopic (exact) mass is 235 g/mol. The number of carboxylic acids is 1. The van der Waals surface area contributed by atoms with Gasteiger partial charge in [-0.15, -0.1) is 0 Å². The van der Waals surface area contributed by atoms with E-state index in [0.717, 1.165) is 12.1 Å². The first-order valence-electron chi connectivity index (χ1n) is 6.10. The van der Waals surface area contributed by atoms with Crippen molar-refractivity contribution in [3.8, 4) is 0 Å². The highest BCUT2D eigenvalue weighted by Crippen LogP contribution is 2.18. The lowest BCUT2D eigenvalue weighted by Crippen LogP contribution is -2.27. The van der Waals surface area contributed by atoms with Crippen molar-refractivity contribution in [3.63, 3.8) is 0 Å². The average molecular weight is 235 g/mol. The van der Waals surface area contributed by atoms with E-state index in [4.69, 9.17) is 5.11 Å². The van der Waals surface area contributed by atoms with E-state index in [9.17, 15) is 4.79 Å². The van der Waals surface area contributed by atoms with Gasteiger partial charge in [-0.3, -0.25) is 4.79 Å². The van der Waals surface area contributed by atoms with Crippen LogP contribution in [-0.2, 0) is 11.2 Å². The van der Waals surface area contributed by atoms with Gasteiger partial charge in [0.25, 0.3) is 0 Å². The SMILES string of the molecule is CCc1ccccc1NCC(C(=O)O)C(C)C. The molecule has 1 unspecified atom stereocenters. The van der Waals surface area contributed by atoms with Crippen LogP contribution in [0.2, 0.25) is 0 Å². The summed E-state index contributed by atoms with van der Waals surface area (Å²) in [6.45, 7) is 6.44. The third kappa shape index (κ3) is 3.77. The summed E-state index contributed by atoms with van der Waals surface area (Å²) in [7, 11) is 0. The summed E-state index contributed by atoms with van der Waals surface area (Å²) in [5, 5.41) is 12.4. The lowest BCUT2D eigenvalue weighted by molar-refractivity contribution is -0.142. The van der Waals surface area contributed by atoms with Crippen molar-refractivity contribution in [1.82, 2.24) is 0 Å². The molecule has 0 spiro atoms. The minimum absolute atomic E-state index is 0.133. The topological polar surface area (TPSA) is 49.3 Å². The van der Waals surface area contributed by atoms with Gasteiger partial charge >= 0.3 is 5.97 Å². The minimum atomic E-state index is -0.735. The Hall–Kier alpha value is -1.51. The molecule has 0 aliphatic rings. The van der Waals surface area contributed by atoms with Gasteiger partial charge in [-0.1, -0.05) is 39.0 Å². The normalized spacial score (nSPS) is 12.5. The van der Waals surface area contributed by atoms with Crippen LogP contribution in [0, 0.1) is 11.8 Å². The number of nitrogens with one attached hydrogen (secondary N) is 1. The Morgan fingerprint density at radius 3 is 2.53 bits per heavy atom. The quantitative estimate of drug-likeness (QED) is 0.796. The van der Waals surface area contributed by atoms with Crippen LogP contribution in [0.15, 0.2) is 24.3 Å². The number of benzene rings is 1. The predicted octanol–water partition coefficient (Wildman–Crippen LogP) is 3.02. The Balaban J connectivity index is 2.68. The Morgan fingerprint density at radius 2 is 2.00 bits per heavy atom. The fourth-order valence-corrected chi connectivity index (χ4v) is 1.83. The highest BCUT2D eigenvalue weighted by atomic mass is 16.4. The molecule has 0 radical (unpaired) electrons. The standard InChI is InChI=1S/C14H21NO2/c1-4-11-7-5-6-8-13(11)15-9-12(10(2)3)14(16)17/h5-8,10,12,15H,4,9H2,1-3H3,(H,16,17). The van der Waals surface area contributed by atoms with Gasteiger partial charge in [0.1, 0.15) is 0 Å². The number of aliphatic carboxylic acids is 1. The second kappa shape index (κ2) is 6.28. The third-order valence-electron chi connectivity index (χ3n) is 3.03. The number of rotatable bonds is 6. The van der Waals surface area contributed by atoms with E-state index < -0.39 is 5.97 Å². The molecule has 0 aliphatic carbocycles. The fraction of sp³-hybridized carbons (Fsp3) is 0.500. The number of hydrogen-bond donors (Lipinski definition) is 2. The number of hydrogen-bond acceptors (Lipinski definition) is 2. The van der Waals surface area contributed by atoms with Crippen LogP contribution in [0.3, 0.4) is 0 Å². The van der Waals surface area contributed by atoms with E-state index in [0.29, 0.717) is 6.54 Å². The first kappa shape index (κ1) is 13.6. The van der Waals surface area contributed by atoms with Gasteiger partial charge in [-0.05, 0) is 24.0 Å². The van der Waals surface area contributed by atoms with E-state index in [1.165, 1.54) is 5.56 Å². The van der Waals surface area contributed by atoms with Crippen molar-refractivity contribution in [2.75, 3.05) is 11.9 Å². The molecule has 0 aromatic heterocycles. The van der Waals surface area contributed by atoms with Crippen LogP contribution in [0.25, 0.3) is 0 Å². The molecule has 0 bridgehead atoms. The van der Waals surface area contributed by atoms with Gasteiger partial charge in [-0.25, -0.2) is 0 Å². The number of aryl methyl sites for hydroxylation is 1. The minimum Gasteiger partial charge on any atom is -0.481 e. The summed E-state index contributed by atoms with van der Waals surface area (Å²) >= 11 is 0. The number of carboxylic acid groups (broad SMARTS) is 1. The number of anilines is 1. The summed E-state index contributed by atoms with van der Waals surface area (Å²) in [6, 6.07) is 8.03. The molecular weight excluding hydrogens is 214 g/mol. The van der Waals surface area contributed by atoms with Crippen LogP contribution in [-0.4, -0.2) is 17.6 Å². The largest absolute Gasteiger partial charge is 0.481 e. The summed E-state index contributed by atoms with van der Waals surface area (Å²) in [5.41, 5.74) is 2.27. The summed E-state index contributed by atoms with van der Waals surface area (Å²) < 4.78 is 0. The van der Waals surface area contributed by atoms with E-state index >= 15 is 0 Å². The molecule has 1 atom stereocenters. The molecule has 0 aliphatic heterocycles. The van der Waals surface area contributed by atoms with E-state index in [1.54, 1.807) is 0 Å². The first-order chi connectivity index (χ1) is 8.06. The van der Waals surface area contributed by atoms with Crippen molar-refractivity contribution in [2.24, 2.45) is 11.8 Å². The smallest absolute Gasteiger partial charge is 0.308 e. The summed E-state index contributed by atoms with van der Waals surface area (Å²) in [4.78, 5) is 11.1. The van der Waals surface area contributed by atoms with Gasteiger partial charge in [-0.2, -0.15) is 0 Å². The zero-order chi connectivity index (χ0) is 12.8. The van der Waals surface area contributed by atoms with Gasteiger partial charge in [0.15, 0.2) is 0 Å². The Labute approximate surface area is 103 Å². The Kier molecular flexibility index (Phi) is 5.01. The van der Waals surface area contributed by atoms with Crippen LogP contribution in [0.5, 0.6) is 0 Å². The van der Waals surface area contributed by atoms with Crippen LogP contribution in [0.1, 0.15) is 26.3 Å². The number of carbonyl (C=O) groups is 1. The van der Waals surface area contributed by atoms with E-state index in [2.05, 4.69) is 18.3 Å². The second-order valence-electron chi connectivity index (χ2n) is 4.58. The fourth-order valence-electron chi connectivity index (χ4n) is 1.83. The van der Waals surface area contributed by atoms with Crippen LogP contribution in [0.4, 0.5) is 5.69 Å². The van der Waals surface area contributed by atoms with Crippen LogP contribution < -0.4 is 5.32 Å². The first-order valence-corrected chi connectivity index (χ1v) is 6.10. The van der Waals surface area contributed by atoms with Crippen molar-refractivity contribution in [3.05, 3.63) is 29.8 Å². The molecule has 1 aromatic rings. The Morgan fingerprint density at radius 1 is 1.35 bits per heavy atom. The highest BCUT2D eigenvalue weighted by molar-refractivity contribution is 5.71. The van der Waals surface area contributed by atoms with E-state index in [1.807, 2.05) is 32.0 Å². The molecule has 1 rings (SSSR count). The van der Waals surface area contributed by atoms with Crippen molar-refractivity contribution in [1.29, 1.82) is 0 Å². The maximum Gasteiger partial charge on any atom is 0.308 e. The molecule has 0 fully saturated rings. The second-order valence-corrected chi connectivity index (χ2v) is 4.58. The molecule has 0 amide bonds. The molecule has 3 heteroatoms. The molecule has 94 valence electrons. The maximum absolute atomic E-state index is 11.1. The zero-order valence-corrected chi connectivity index (χ0v) is 10.7. The highest BCUT2D eigenvalue weighted by Gasteiger charge is 2.21. The molecule has 1 aromatic carbocycles. The lowest BCUT2D eigenvalue weighted by atomic mass is 9.96. The molecule has 0 saturated carbocycles. The third-order valence-corrected chi connectivity index (χ3v) is 3.03. The lowest BCUT2D eigenvalue weighted by Gasteiger charge is -2.18. The van der Waals surface area contributed by atoms with Gasteiger partial charge in [0.05, 0.1) is 5.92 Å². The molecule has 17 heavy (non-hydrogen) atoms. The Bertz CT molecular complexity index is 374. The van der Waals surface area contributed by atoms with Gasteiger partial charge < -0.3 is 10.4 Å².